The van der Waals surface area contributed by atoms with Gasteiger partial charge in [0.2, 0.25) is 0 Å². The second kappa shape index (κ2) is 4.50. The van der Waals surface area contributed by atoms with Crippen LogP contribution in [0.15, 0.2) is 42.7 Å². The summed E-state index contributed by atoms with van der Waals surface area (Å²) >= 11 is 0. The molecule has 22 heavy (non-hydrogen) atoms. The zero-order valence-corrected chi connectivity index (χ0v) is 12.3. The molecule has 1 aromatic carbocycles. The van der Waals surface area contributed by atoms with Crippen LogP contribution in [0.1, 0.15) is 30.0 Å². The third kappa shape index (κ3) is 1.61. The quantitative estimate of drug-likeness (QED) is 0.716. The molecular weight excluding hydrogens is 272 g/mol. The van der Waals surface area contributed by atoms with Crippen molar-refractivity contribution in [1.82, 2.24) is 9.97 Å². The number of fused-ring (bicyclic) bond motifs is 4. The molecule has 5 rings (SSSR count). The van der Waals surface area contributed by atoms with E-state index in [2.05, 4.69) is 50.5 Å². The number of nitrogens with one attached hydrogen (secondary N) is 2. The molecule has 0 bridgehead atoms. The highest BCUT2D eigenvalue weighted by Gasteiger charge is 2.31. The first-order valence-electron chi connectivity index (χ1n) is 7.96. The molecule has 3 aromatic rings. The van der Waals surface area contributed by atoms with Crippen LogP contribution in [0.25, 0.3) is 11.0 Å². The van der Waals surface area contributed by atoms with Crippen LogP contribution >= 0.6 is 0 Å². The zero-order chi connectivity index (χ0) is 14.5. The Morgan fingerprint density at radius 1 is 1.18 bits per heavy atom. The first-order valence-corrected chi connectivity index (χ1v) is 7.96. The molecule has 2 N–H and O–H groups in total. The van der Waals surface area contributed by atoms with Crippen LogP contribution in [0, 0.1) is 0 Å². The number of pyridine rings is 1. The maximum atomic E-state index is 4.49. The number of hydrogen-bond donors (Lipinski definition) is 2. The summed E-state index contributed by atoms with van der Waals surface area (Å²) in [5, 5.41) is 4.72. The second-order valence-corrected chi connectivity index (χ2v) is 6.17. The summed E-state index contributed by atoms with van der Waals surface area (Å²) in [7, 11) is 0. The molecule has 0 fully saturated rings. The maximum absolute atomic E-state index is 4.49. The SMILES string of the molecule is c1ccc2c(c1)CCC[C@H]2N1CNc2cnc3[nH]ccc3c21. The van der Waals surface area contributed by atoms with E-state index in [4.69, 9.17) is 0 Å². The molecule has 0 amide bonds. The van der Waals surface area contributed by atoms with E-state index in [9.17, 15) is 0 Å². The van der Waals surface area contributed by atoms with E-state index in [1.807, 2.05) is 12.4 Å². The van der Waals surface area contributed by atoms with Crippen LogP contribution in [0.4, 0.5) is 11.4 Å². The van der Waals surface area contributed by atoms with E-state index >= 15 is 0 Å². The van der Waals surface area contributed by atoms with E-state index in [-0.39, 0.29) is 0 Å². The molecule has 0 saturated carbocycles. The van der Waals surface area contributed by atoms with Gasteiger partial charge in [0.25, 0.3) is 0 Å². The number of hydrogen-bond acceptors (Lipinski definition) is 3. The van der Waals surface area contributed by atoms with E-state index in [0.717, 1.165) is 18.0 Å². The van der Waals surface area contributed by atoms with Crippen LogP contribution in [0.5, 0.6) is 0 Å². The van der Waals surface area contributed by atoms with Crippen LogP contribution < -0.4 is 10.2 Å². The smallest absolute Gasteiger partial charge is 0.139 e. The van der Waals surface area contributed by atoms with Crippen molar-refractivity contribution < 1.29 is 0 Å². The number of rotatable bonds is 1. The zero-order valence-electron chi connectivity index (χ0n) is 12.3. The Balaban J connectivity index is 1.67. The Hall–Kier alpha value is -2.49. The van der Waals surface area contributed by atoms with Gasteiger partial charge in [-0.2, -0.15) is 0 Å². The minimum atomic E-state index is 0.458. The number of aromatic nitrogens is 2. The van der Waals surface area contributed by atoms with Gasteiger partial charge < -0.3 is 15.2 Å². The minimum Gasteiger partial charge on any atom is -0.365 e. The van der Waals surface area contributed by atoms with Crippen LogP contribution in [-0.4, -0.2) is 16.6 Å². The van der Waals surface area contributed by atoms with Gasteiger partial charge in [-0.25, -0.2) is 4.98 Å². The number of aryl methyl sites for hydroxylation is 1. The lowest BCUT2D eigenvalue weighted by molar-refractivity contribution is 0.536. The third-order valence-corrected chi connectivity index (χ3v) is 5.00. The van der Waals surface area contributed by atoms with E-state index in [1.165, 1.54) is 41.5 Å². The second-order valence-electron chi connectivity index (χ2n) is 6.17. The monoisotopic (exact) mass is 290 g/mol. The van der Waals surface area contributed by atoms with Gasteiger partial charge in [0.05, 0.1) is 30.3 Å². The maximum Gasteiger partial charge on any atom is 0.139 e. The fourth-order valence-corrected chi connectivity index (χ4v) is 4.00. The molecule has 3 heterocycles. The topological polar surface area (TPSA) is 44.0 Å². The molecule has 1 atom stereocenters. The molecule has 0 spiro atoms. The molecule has 2 aromatic heterocycles. The Kier molecular flexibility index (Phi) is 2.47. The lowest BCUT2D eigenvalue weighted by atomic mass is 9.87. The fraction of sp³-hybridized carbons (Fsp3) is 0.278. The van der Waals surface area contributed by atoms with Crippen molar-refractivity contribution in [2.75, 3.05) is 16.9 Å². The molecule has 1 aliphatic carbocycles. The Morgan fingerprint density at radius 2 is 2.14 bits per heavy atom. The predicted octanol–water partition coefficient (Wildman–Crippen LogP) is 3.83. The van der Waals surface area contributed by atoms with Crippen molar-refractivity contribution in [1.29, 1.82) is 0 Å². The van der Waals surface area contributed by atoms with Gasteiger partial charge in [0.1, 0.15) is 5.65 Å². The predicted molar refractivity (Wildman–Crippen MR) is 89.2 cm³/mol. The lowest BCUT2D eigenvalue weighted by Gasteiger charge is -2.34. The molecule has 0 radical (unpaired) electrons. The van der Waals surface area contributed by atoms with Gasteiger partial charge in [-0.05, 0) is 36.5 Å². The average Bonchev–Trinajstić information content (AvgIpc) is 3.20. The van der Waals surface area contributed by atoms with Crippen LogP contribution in [0.3, 0.4) is 0 Å². The van der Waals surface area contributed by atoms with Crippen molar-refractivity contribution in [3.63, 3.8) is 0 Å². The Morgan fingerprint density at radius 3 is 3.14 bits per heavy atom. The molecular formula is C18H18N4. The Labute approximate surface area is 129 Å². The summed E-state index contributed by atoms with van der Waals surface area (Å²) in [4.78, 5) is 10.2. The van der Waals surface area contributed by atoms with E-state index in [0.29, 0.717) is 6.04 Å². The fourth-order valence-electron chi connectivity index (χ4n) is 4.00. The molecule has 110 valence electrons. The highest BCUT2D eigenvalue weighted by Crippen LogP contribution is 2.44. The van der Waals surface area contributed by atoms with E-state index in [1.54, 1.807) is 0 Å². The number of anilines is 2. The van der Waals surface area contributed by atoms with Crippen molar-refractivity contribution in [3.8, 4) is 0 Å². The summed E-state index contributed by atoms with van der Waals surface area (Å²) in [6.45, 7) is 0.861. The number of H-pyrrole nitrogens is 1. The molecule has 2 aliphatic rings. The van der Waals surface area contributed by atoms with Gasteiger partial charge in [-0.15, -0.1) is 0 Å². The molecule has 0 unspecified atom stereocenters. The summed E-state index contributed by atoms with van der Waals surface area (Å²) in [5.74, 6) is 0. The largest absolute Gasteiger partial charge is 0.365 e. The summed E-state index contributed by atoms with van der Waals surface area (Å²) in [5.41, 5.74) is 6.41. The lowest BCUT2D eigenvalue weighted by Crippen LogP contribution is -2.31. The van der Waals surface area contributed by atoms with Crippen molar-refractivity contribution >= 4 is 22.4 Å². The van der Waals surface area contributed by atoms with Crippen molar-refractivity contribution in [3.05, 3.63) is 53.9 Å². The summed E-state index contributed by atoms with van der Waals surface area (Å²) in [6, 6.07) is 11.5. The molecule has 1 aliphatic heterocycles. The van der Waals surface area contributed by atoms with Gasteiger partial charge in [0, 0.05) is 11.6 Å². The van der Waals surface area contributed by atoms with Gasteiger partial charge in [-0.3, -0.25) is 0 Å². The summed E-state index contributed by atoms with van der Waals surface area (Å²) < 4.78 is 0. The Bertz CT molecular complexity index is 851. The van der Waals surface area contributed by atoms with Gasteiger partial charge in [-0.1, -0.05) is 24.3 Å². The normalized spacial score (nSPS) is 19.8. The first-order chi connectivity index (χ1) is 10.9. The first kappa shape index (κ1) is 12.1. The number of benzene rings is 1. The molecule has 4 nitrogen and oxygen atoms in total. The van der Waals surface area contributed by atoms with Crippen LogP contribution in [-0.2, 0) is 6.42 Å². The average molecular weight is 290 g/mol. The van der Waals surface area contributed by atoms with Gasteiger partial charge >= 0.3 is 0 Å². The van der Waals surface area contributed by atoms with Crippen molar-refractivity contribution in [2.24, 2.45) is 0 Å². The highest BCUT2D eigenvalue weighted by molar-refractivity contribution is 5.99. The summed E-state index contributed by atoms with van der Waals surface area (Å²) in [6.07, 6.45) is 7.60. The molecule has 4 heteroatoms. The number of nitrogens with zero attached hydrogens (tertiary/aromatic N) is 2. The molecule has 0 saturated heterocycles. The van der Waals surface area contributed by atoms with E-state index < -0.39 is 0 Å². The van der Waals surface area contributed by atoms with Crippen LogP contribution in [0.2, 0.25) is 0 Å². The number of aromatic amines is 1. The standard InChI is InChI=1S/C18H18N4/c1-2-6-13-12(4-1)5-3-7-16(13)22-11-21-15-10-20-18-14(17(15)22)8-9-19-18/h1-2,4,6,8-10,16,21H,3,5,7,11H2,(H,19,20)/t16-/m1/s1. The van der Waals surface area contributed by atoms with Crippen molar-refractivity contribution in [2.45, 2.75) is 25.3 Å². The highest BCUT2D eigenvalue weighted by atomic mass is 15.3. The van der Waals surface area contributed by atoms with Gasteiger partial charge in [0.15, 0.2) is 0 Å². The third-order valence-electron chi connectivity index (χ3n) is 5.00. The minimum absolute atomic E-state index is 0.458.